The third kappa shape index (κ3) is 0.678. The zero-order chi connectivity index (χ0) is 7.30. The van der Waals surface area contributed by atoms with Crippen molar-refractivity contribution in [1.82, 2.24) is 4.90 Å². The summed E-state index contributed by atoms with van der Waals surface area (Å²) in [5, 5.41) is 0. The SMILES string of the molecule is CC(=O)N1C[C@@H]2C(C)[C@@H]2C1. The van der Waals surface area contributed by atoms with Gasteiger partial charge in [0.25, 0.3) is 0 Å². The fourth-order valence-electron chi connectivity index (χ4n) is 2.08. The van der Waals surface area contributed by atoms with Gasteiger partial charge in [-0.1, -0.05) is 6.92 Å². The van der Waals surface area contributed by atoms with Crippen LogP contribution in [0.15, 0.2) is 0 Å². The minimum Gasteiger partial charge on any atom is -0.342 e. The van der Waals surface area contributed by atoms with E-state index in [9.17, 15) is 4.79 Å². The molecule has 3 atom stereocenters. The quantitative estimate of drug-likeness (QED) is 0.484. The van der Waals surface area contributed by atoms with Crippen LogP contribution in [0.4, 0.5) is 0 Å². The van der Waals surface area contributed by atoms with E-state index in [4.69, 9.17) is 0 Å². The first-order valence-corrected chi connectivity index (χ1v) is 3.95. The second-order valence-corrected chi connectivity index (χ2v) is 3.61. The molecule has 0 spiro atoms. The van der Waals surface area contributed by atoms with Crippen LogP contribution >= 0.6 is 0 Å². The Kier molecular flexibility index (Phi) is 1.08. The van der Waals surface area contributed by atoms with Crippen molar-refractivity contribution in [3.8, 4) is 0 Å². The molecular formula is C8H13NO. The third-order valence-electron chi connectivity index (χ3n) is 3.07. The Morgan fingerprint density at radius 2 is 1.90 bits per heavy atom. The predicted molar refractivity (Wildman–Crippen MR) is 38.4 cm³/mol. The Morgan fingerprint density at radius 3 is 2.30 bits per heavy atom. The molecule has 0 bridgehead atoms. The Hall–Kier alpha value is -0.530. The number of likely N-dealkylation sites (tertiary alicyclic amines) is 1. The molecular weight excluding hydrogens is 126 g/mol. The lowest BCUT2D eigenvalue weighted by atomic mass is 10.3. The molecule has 1 amide bonds. The van der Waals surface area contributed by atoms with Crippen LogP contribution in [0, 0.1) is 17.8 Å². The van der Waals surface area contributed by atoms with Crippen LogP contribution in [0.5, 0.6) is 0 Å². The standard InChI is InChI=1S/C8H13NO/c1-5-7-3-9(6(2)10)4-8(5)7/h5,7-8H,3-4H2,1-2H3/t5?,7-,8+. The predicted octanol–water partition coefficient (Wildman–Crippen LogP) is 0.731. The number of amides is 1. The van der Waals surface area contributed by atoms with Gasteiger partial charge in [-0.25, -0.2) is 0 Å². The molecule has 0 aromatic carbocycles. The number of rotatable bonds is 0. The van der Waals surface area contributed by atoms with Crippen LogP contribution < -0.4 is 0 Å². The van der Waals surface area contributed by atoms with E-state index in [0.29, 0.717) is 0 Å². The summed E-state index contributed by atoms with van der Waals surface area (Å²) in [5.41, 5.74) is 0. The van der Waals surface area contributed by atoms with Crippen LogP contribution in [-0.2, 0) is 4.79 Å². The zero-order valence-electron chi connectivity index (χ0n) is 6.50. The van der Waals surface area contributed by atoms with Gasteiger partial charge in [-0.3, -0.25) is 4.79 Å². The summed E-state index contributed by atoms with van der Waals surface area (Å²) in [6.07, 6.45) is 0. The molecule has 2 fully saturated rings. The van der Waals surface area contributed by atoms with Crippen molar-refractivity contribution in [3.63, 3.8) is 0 Å². The lowest BCUT2D eigenvalue weighted by Gasteiger charge is -2.15. The molecule has 2 rings (SSSR count). The largest absolute Gasteiger partial charge is 0.342 e. The number of nitrogens with zero attached hydrogens (tertiary/aromatic N) is 1. The Bertz CT molecular complexity index is 166. The van der Waals surface area contributed by atoms with Gasteiger partial charge < -0.3 is 4.90 Å². The van der Waals surface area contributed by atoms with Crippen LogP contribution in [0.25, 0.3) is 0 Å². The number of carbonyl (C=O) groups is 1. The van der Waals surface area contributed by atoms with E-state index in [0.717, 1.165) is 30.8 Å². The molecule has 1 unspecified atom stereocenters. The van der Waals surface area contributed by atoms with Crippen molar-refractivity contribution < 1.29 is 4.79 Å². The van der Waals surface area contributed by atoms with Crippen molar-refractivity contribution in [2.75, 3.05) is 13.1 Å². The first-order valence-electron chi connectivity index (χ1n) is 3.95. The average Bonchev–Trinajstić information content (AvgIpc) is 2.38. The molecule has 0 N–H and O–H groups in total. The van der Waals surface area contributed by atoms with E-state index < -0.39 is 0 Å². The van der Waals surface area contributed by atoms with E-state index in [2.05, 4.69) is 6.92 Å². The Balaban J connectivity index is 1.95. The van der Waals surface area contributed by atoms with E-state index >= 15 is 0 Å². The van der Waals surface area contributed by atoms with E-state index in [1.165, 1.54) is 0 Å². The van der Waals surface area contributed by atoms with Gasteiger partial charge in [-0.05, 0) is 17.8 Å². The maximum atomic E-state index is 10.8. The Labute approximate surface area is 61.2 Å². The summed E-state index contributed by atoms with van der Waals surface area (Å²) < 4.78 is 0. The first kappa shape index (κ1) is 6.20. The lowest BCUT2D eigenvalue weighted by molar-refractivity contribution is -0.128. The molecule has 10 heavy (non-hydrogen) atoms. The molecule has 2 heteroatoms. The van der Waals surface area contributed by atoms with Crippen LogP contribution in [0.3, 0.4) is 0 Å². The van der Waals surface area contributed by atoms with E-state index in [1.807, 2.05) is 4.90 Å². The summed E-state index contributed by atoms with van der Waals surface area (Å²) in [7, 11) is 0. The molecule has 1 aliphatic carbocycles. The highest BCUT2D eigenvalue weighted by molar-refractivity contribution is 5.73. The summed E-state index contributed by atoms with van der Waals surface area (Å²) in [5.74, 6) is 2.85. The number of fused-ring (bicyclic) bond motifs is 1. The fraction of sp³-hybridized carbons (Fsp3) is 0.875. The second-order valence-electron chi connectivity index (χ2n) is 3.61. The van der Waals surface area contributed by atoms with Gasteiger partial charge in [-0.15, -0.1) is 0 Å². The van der Waals surface area contributed by atoms with E-state index in [1.54, 1.807) is 6.92 Å². The van der Waals surface area contributed by atoms with Gasteiger partial charge in [0.1, 0.15) is 0 Å². The molecule has 1 heterocycles. The average molecular weight is 139 g/mol. The van der Waals surface area contributed by atoms with Crippen molar-refractivity contribution in [3.05, 3.63) is 0 Å². The summed E-state index contributed by atoms with van der Waals surface area (Å²) in [6.45, 7) is 6.00. The lowest BCUT2D eigenvalue weighted by Crippen LogP contribution is -2.28. The first-order chi connectivity index (χ1) is 4.70. The minimum absolute atomic E-state index is 0.249. The Morgan fingerprint density at radius 1 is 1.40 bits per heavy atom. The zero-order valence-corrected chi connectivity index (χ0v) is 6.50. The second kappa shape index (κ2) is 1.74. The van der Waals surface area contributed by atoms with Gasteiger partial charge in [-0.2, -0.15) is 0 Å². The van der Waals surface area contributed by atoms with Gasteiger partial charge in [0.15, 0.2) is 0 Å². The third-order valence-corrected chi connectivity index (χ3v) is 3.07. The number of piperidine rings is 1. The summed E-state index contributed by atoms with van der Waals surface area (Å²) in [6, 6.07) is 0. The highest BCUT2D eigenvalue weighted by Gasteiger charge is 2.53. The smallest absolute Gasteiger partial charge is 0.219 e. The van der Waals surface area contributed by atoms with Crippen molar-refractivity contribution in [2.45, 2.75) is 13.8 Å². The highest BCUT2D eigenvalue weighted by atomic mass is 16.2. The molecule has 56 valence electrons. The molecule has 1 saturated heterocycles. The maximum absolute atomic E-state index is 10.8. The van der Waals surface area contributed by atoms with Crippen molar-refractivity contribution >= 4 is 5.91 Å². The highest BCUT2D eigenvalue weighted by Crippen LogP contribution is 2.50. The monoisotopic (exact) mass is 139 g/mol. The van der Waals surface area contributed by atoms with Gasteiger partial charge in [0.05, 0.1) is 0 Å². The number of hydrogen-bond acceptors (Lipinski definition) is 1. The van der Waals surface area contributed by atoms with E-state index in [-0.39, 0.29) is 5.91 Å². The molecule has 0 aromatic rings. The molecule has 1 aliphatic heterocycles. The van der Waals surface area contributed by atoms with Crippen molar-refractivity contribution in [2.24, 2.45) is 17.8 Å². The van der Waals surface area contributed by atoms with Crippen LogP contribution in [-0.4, -0.2) is 23.9 Å². The number of carbonyl (C=O) groups excluding carboxylic acids is 1. The number of hydrogen-bond donors (Lipinski definition) is 0. The molecule has 0 aromatic heterocycles. The summed E-state index contributed by atoms with van der Waals surface area (Å²) in [4.78, 5) is 12.8. The topological polar surface area (TPSA) is 20.3 Å². The molecule has 1 saturated carbocycles. The fourth-order valence-corrected chi connectivity index (χ4v) is 2.08. The van der Waals surface area contributed by atoms with Gasteiger partial charge in [0.2, 0.25) is 5.91 Å². The molecule has 2 aliphatic rings. The van der Waals surface area contributed by atoms with Crippen LogP contribution in [0.2, 0.25) is 0 Å². The molecule has 2 nitrogen and oxygen atoms in total. The normalized spacial score (nSPS) is 43.4. The minimum atomic E-state index is 0.249. The van der Waals surface area contributed by atoms with Crippen molar-refractivity contribution in [1.29, 1.82) is 0 Å². The van der Waals surface area contributed by atoms with Crippen LogP contribution in [0.1, 0.15) is 13.8 Å². The summed E-state index contributed by atoms with van der Waals surface area (Å²) >= 11 is 0. The van der Waals surface area contributed by atoms with Gasteiger partial charge >= 0.3 is 0 Å². The van der Waals surface area contributed by atoms with Gasteiger partial charge in [0, 0.05) is 20.0 Å². The maximum Gasteiger partial charge on any atom is 0.219 e. The molecule has 0 radical (unpaired) electrons.